The van der Waals surface area contributed by atoms with Crippen molar-refractivity contribution >= 4 is 11.1 Å². The lowest BCUT2D eigenvalue weighted by atomic mass is 10.1. The topological polar surface area (TPSA) is 49.5 Å². The zero-order valence-corrected chi connectivity index (χ0v) is 14.0. The first-order valence-corrected chi connectivity index (χ1v) is 8.24. The fourth-order valence-corrected chi connectivity index (χ4v) is 3.47. The zero-order valence-electron chi connectivity index (χ0n) is 14.0. The molecule has 0 bridgehead atoms. The molecule has 22 heavy (non-hydrogen) atoms. The number of aliphatic hydroxyl groups is 1. The smallest absolute Gasteiger partial charge is 0.198 e. The third-order valence-electron chi connectivity index (χ3n) is 4.69. The molecule has 0 amide bonds. The Bertz CT molecular complexity index is 662. The number of aromatic nitrogens is 1. The van der Waals surface area contributed by atoms with Crippen LogP contribution >= 0.6 is 0 Å². The van der Waals surface area contributed by atoms with Crippen molar-refractivity contribution in [3.63, 3.8) is 0 Å². The van der Waals surface area contributed by atoms with Gasteiger partial charge >= 0.3 is 0 Å². The highest BCUT2D eigenvalue weighted by molar-refractivity contribution is 5.77. The summed E-state index contributed by atoms with van der Waals surface area (Å²) in [5.41, 5.74) is 4.21. The molecule has 4 nitrogen and oxygen atoms in total. The van der Waals surface area contributed by atoms with Crippen molar-refractivity contribution in [2.45, 2.75) is 64.6 Å². The normalized spacial score (nSPS) is 22.3. The predicted molar refractivity (Wildman–Crippen MR) is 87.9 cm³/mol. The zero-order chi connectivity index (χ0) is 15.9. The molecule has 120 valence electrons. The second-order valence-corrected chi connectivity index (χ2v) is 6.95. The second-order valence-electron chi connectivity index (χ2n) is 6.95. The van der Waals surface area contributed by atoms with Gasteiger partial charge in [-0.15, -0.1) is 0 Å². The number of hydrogen-bond donors (Lipinski definition) is 1. The lowest BCUT2D eigenvalue weighted by molar-refractivity contribution is 0.0825. The second kappa shape index (κ2) is 6.01. The molecular weight excluding hydrogens is 276 g/mol. The molecule has 1 aromatic carbocycles. The van der Waals surface area contributed by atoms with E-state index in [1.54, 1.807) is 0 Å². The monoisotopic (exact) mass is 302 g/mol. The summed E-state index contributed by atoms with van der Waals surface area (Å²) >= 11 is 0. The van der Waals surface area contributed by atoms with Gasteiger partial charge in [0.15, 0.2) is 11.5 Å². The van der Waals surface area contributed by atoms with E-state index in [1.165, 1.54) is 5.56 Å². The summed E-state index contributed by atoms with van der Waals surface area (Å²) in [5.74, 6) is 1.10. The molecular formula is C18H26N2O2. The largest absolute Gasteiger partial charge is 0.440 e. The third-order valence-corrected chi connectivity index (χ3v) is 4.69. The van der Waals surface area contributed by atoms with E-state index in [0.29, 0.717) is 5.92 Å². The SMILES string of the molecule is Cc1cc(CN(C)C2CCCC2O)cc2nc(C(C)C)oc12. The average Bonchev–Trinajstić information content (AvgIpc) is 3.04. The summed E-state index contributed by atoms with van der Waals surface area (Å²) in [7, 11) is 2.10. The Kier molecular flexibility index (Phi) is 4.24. The van der Waals surface area contributed by atoms with E-state index in [-0.39, 0.29) is 12.1 Å². The molecule has 1 aromatic heterocycles. The molecule has 2 unspecified atom stereocenters. The molecule has 1 fully saturated rings. The molecule has 0 radical (unpaired) electrons. The van der Waals surface area contributed by atoms with Crippen molar-refractivity contribution in [2.24, 2.45) is 0 Å². The summed E-state index contributed by atoms with van der Waals surface area (Å²) < 4.78 is 5.87. The van der Waals surface area contributed by atoms with Crippen LogP contribution in [0.25, 0.3) is 11.1 Å². The van der Waals surface area contributed by atoms with Crippen LogP contribution in [0.3, 0.4) is 0 Å². The molecule has 1 saturated carbocycles. The van der Waals surface area contributed by atoms with Crippen LogP contribution in [0.4, 0.5) is 0 Å². The Morgan fingerprint density at radius 1 is 1.36 bits per heavy atom. The van der Waals surface area contributed by atoms with Crippen LogP contribution in [-0.4, -0.2) is 34.2 Å². The van der Waals surface area contributed by atoms with Crippen molar-refractivity contribution in [3.05, 3.63) is 29.2 Å². The number of benzene rings is 1. The van der Waals surface area contributed by atoms with Gasteiger partial charge < -0.3 is 9.52 Å². The van der Waals surface area contributed by atoms with Crippen LogP contribution in [0.2, 0.25) is 0 Å². The lowest BCUT2D eigenvalue weighted by Crippen LogP contribution is -2.36. The maximum Gasteiger partial charge on any atom is 0.198 e. The number of oxazole rings is 1. The van der Waals surface area contributed by atoms with E-state index in [4.69, 9.17) is 4.42 Å². The van der Waals surface area contributed by atoms with Crippen molar-refractivity contribution in [3.8, 4) is 0 Å². The first-order chi connectivity index (χ1) is 10.5. The highest BCUT2D eigenvalue weighted by Crippen LogP contribution is 2.28. The molecule has 0 aliphatic heterocycles. The molecule has 2 atom stereocenters. The van der Waals surface area contributed by atoms with Crippen LogP contribution in [0.5, 0.6) is 0 Å². The van der Waals surface area contributed by atoms with Gasteiger partial charge in [-0.2, -0.15) is 0 Å². The van der Waals surface area contributed by atoms with Gasteiger partial charge in [0.1, 0.15) is 5.52 Å². The van der Waals surface area contributed by atoms with Gasteiger partial charge in [0.25, 0.3) is 0 Å². The van der Waals surface area contributed by atoms with Crippen LogP contribution in [-0.2, 0) is 6.54 Å². The molecule has 1 heterocycles. The Labute approximate surface area is 132 Å². The van der Waals surface area contributed by atoms with E-state index in [9.17, 15) is 5.11 Å². The third kappa shape index (κ3) is 2.90. The number of rotatable bonds is 4. The van der Waals surface area contributed by atoms with Gasteiger partial charge in [0, 0.05) is 18.5 Å². The lowest BCUT2D eigenvalue weighted by Gasteiger charge is -2.27. The van der Waals surface area contributed by atoms with Gasteiger partial charge in [0.2, 0.25) is 0 Å². The van der Waals surface area contributed by atoms with Gasteiger partial charge in [0.05, 0.1) is 6.10 Å². The van der Waals surface area contributed by atoms with Crippen LogP contribution in [0, 0.1) is 6.92 Å². The maximum atomic E-state index is 10.1. The highest BCUT2D eigenvalue weighted by atomic mass is 16.3. The maximum absolute atomic E-state index is 10.1. The molecule has 4 heteroatoms. The summed E-state index contributed by atoms with van der Waals surface area (Å²) in [6.45, 7) is 7.10. The van der Waals surface area contributed by atoms with Crippen LogP contribution < -0.4 is 0 Å². The minimum Gasteiger partial charge on any atom is -0.440 e. The first-order valence-electron chi connectivity index (χ1n) is 8.24. The molecule has 1 aliphatic rings. The van der Waals surface area contributed by atoms with E-state index in [1.807, 2.05) is 0 Å². The number of nitrogens with zero attached hydrogens (tertiary/aromatic N) is 2. The van der Waals surface area contributed by atoms with Crippen LogP contribution in [0.1, 0.15) is 56.0 Å². The van der Waals surface area contributed by atoms with Crippen molar-refractivity contribution < 1.29 is 9.52 Å². The summed E-state index contributed by atoms with van der Waals surface area (Å²) in [4.78, 5) is 6.88. The summed E-state index contributed by atoms with van der Waals surface area (Å²) in [6, 6.07) is 4.57. The number of aryl methyl sites for hydroxylation is 1. The summed E-state index contributed by atoms with van der Waals surface area (Å²) in [5, 5.41) is 10.1. The molecule has 3 rings (SSSR count). The molecule has 2 aromatic rings. The van der Waals surface area contributed by atoms with Gasteiger partial charge in [-0.3, -0.25) is 4.90 Å². The van der Waals surface area contributed by atoms with Crippen molar-refractivity contribution in [2.75, 3.05) is 7.05 Å². The quantitative estimate of drug-likeness (QED) is 0.937. The van der Waals surface area contributed by atoms with E-state index < -0.39 is 0 Å². The molecule has 0 saturated heterocycles. The Balaban J connectivity index is 1.84. The average molecular weight is 302 g/mol. The Hall–Kier alpha value is -1.39. The number of fused-ring (bicyclic) bond motifs is 1. The van der Waals surface area contributed by atoms with Gasteiger partial charge in [-0.25, -0.2) is 4.98 Å². The number of likely N-dealkylation sites (N-methyl/N-ethyl adjacent to an activating group) is 1. The Morgan fingerprint density at radius 3 is 2.77 bits per heavy atom. The van der Waals surface area contributed by atoms with E-state index in [0.717, 1.165) is 48.4 Å². The molecule has 1 N–H and O–H groups in total. The van der Waals surface area contributed by atoms with Crippen LogP contribution in [0.15, 0.2) is 16.5 Å². The molecule has 0 spiro atoms. The van der Waals surface area contributed by atoms with Gasteiger partial charge in [-0.1, -0.05) is 19.9 Å². The number of hydrogen-bond acceptors (Lipinski definition) is 4. The number of aliphatic hydroxyl groups excluding tert-OH is 1. The van der Waals surface area contributed by atoms with Crippen molar-refractivity contribution in [1.82, 2.24) is 9.88 Å². The predicted octanol–water partition coefficient (Wildman–Crippen LogP) is 3.60. The van der Waals surface area contributed by atoms with Gasteiger partial charge in [-0.05, 0) is 50.4 Å². The van der Waals surface area contributed by atoms with E-state index in [2.05, 4.69) is 49.8 Å². The molecule has 1 aliphatic carbocycles. The fourth-order valence-electron chi connectivity index (χ4n) is 3.47. The standard InChI is InChI=1S/C18H26N2O2/c1-11(2)18-19-14-9-13(8-12(3)17(14)22-18)10-20(4)15-6-5-7-16(15)21/h8-9,11,15-16,21H,5-7,10H2,1-4H3. The minimum atomic E-state index is -0.186. The van der Waals surface area contributed by atoms with E-state index >= 15 is 0 Å². The Morgan fingerprint density at radius 2 is 2.14 bits per heavy atom. The minimum absolute atomic E-state index is 0.186. The summed E-state index contributed by atoms with van der Waals surface area (Å²) in [6.07, 6.45) is 2.94. The highest BCUT2D eigenvalue weighted by Gasteiger charge is 2.28. The fraction of sp³-hybridized carbons (Fsp3) is 0.611. The van der Waals surface area contributed by atoms with Crippen molar-refractivity contribution in [1.29, 1.82) is 0 Å². The first kappa shape index (κ1) is 15.5.